The van der Waals surface area contributed by atoms with Crippen LogP contribution in [0.4, 0.5) is 0 Å². The average Bonchev–Trinajstić information content (AvgIpc) is 2.80. The highest BCUT2D eigenvalue weighted by Crippen LogP contribution is 2.25. The predicted molar refractivity (Wildman–Crippen MR) is 77.0 cm³/mol. The fourth-order valence-electron chi connectivity index (χ4n) is 2.37. The number of aromatic amines is 1. The summed E-state index contributed by atoms with van der Waals surface area (Å²) in [7, 11) is 1.45. The van der Waals surface area contributed by atoms with Gasteiger partial charge < -0.3 is 9.72 Å². The van der Waals surface area contributed by atoms with Crippen molar-refractivity contribution in [3.8, 4) is 0 Å². The monoisotopic (exact) mass is 259 g/mol. The van der Waals surface area contributed by atoms with Crippen LogP contribution in [-0.2, 0) is 16.0 Å². The highest BCUT2D eigenvalue weighted by molar-refractivity contribution is 5.80. The number of rotatable bonds is 5. The van der Waals surface area contributed by atoms with Gasteiger partial charge in [0.1, 0.15) is 0 Å². The van der Waals surface area contributed by atoms with Gasteiger partial charge in [0.15, 0.2) is 0 Å². The molecule has 1 heterocycles. The fourth-order valence-corrected chi connectivity index (χ4v) is 2.37. The number of aromatic nitrogens is 1. The normalized spacial score (nSPS) is 11.7. The molecule has 0 spiro atoms. The SMILES string of the molecule is COC(=O)C(C)(C)CCCc1cc2ccccc2[nH]1. The Hall–Kier alpha value is -1.77. The minimum Gasteiger partial charge on any atom is -0.469 e. The molecular formula is C16H21NO2. The van der Waals surface area contributed by atoms with Crippen molar-refractivity contribution in [1.82, 2.24) is 4.98 Å². The number of hydrogen-bond donors (Lipinski definition) is 1. The molecule has 2 aromatic rings. The molecule has 0 bridgehead atoms. The molecule has 0 unspecified atom stereocenters. The Kier molecular flexibility index (Phi) is 3.93. The van der Waals surface area contributed by atoms with Gasteiger partial charge in [0, 0.05) is 11.2 Å². The molecule has 2 rings (SSSR count). The highest BCUT2D eigenvalue weighted by atomic mass is 16.5. The zero-order valence-corrected chi connectivity index (χ0v) is 11.8. The van der Waals surface area contributed by atoms with E-state index in [4.69, 9.17) is 4.74 Å². The Balaban J connectivity index is 1.94. The molecule has 0 fully saturated rings. The van der Waals surface area contributed by atoms with Gasteiger partial charge in [-0.1, -0.05) is 18.2 Å². The van der Waals surface area contributed by atoms with Crippen LogP contribution in [0.1, 0.15) is 32.4 Å². The van der Waals surface area contributed by atoms with Gasteiger partial charge in [-0.25, -0.2) is 0 Å². The molecule has 0 aliphatic heterocycles. The minimum atomic E-state index is -0.402. The van der Waals surface area contributed by atoms with Crippen LogP contribution in [-0.4, -0.2) is 18.1 Å². The molecule has 19 heavy (non-hydrogen) atoms. The van der Waals surface area contributed by atoms with E-state index in [1.54, 1.807) is 0 Å². The van der Waals surface area contributed by atoms with E-state index >= 15 is 0 Å². The molecule has 0 amide bonds. The number of hydrogen-bond acceptors (Lipinski definition) is 2. The van der Waals surface area contributed by atoms with E-state index in [2.05, 4.69) is 23.2 Å². The van der Waals surface area contributed by atoms with Crippen molar-refractivity contribution in [3.63, 3.8) is 0 Å². The van der Waals surface area contributed by atoms with E-state index in [1.807, 2.05) is 26.0 Å². The molecule has 0 atom stereocenters. The van der Waals surface area contributed by atoms with E-state index in [1.165, 1.54) is 23.7 Å². The number of carbonyl (C=O) groups excluding carboxylic acids is 1. The fraction of sp³-hybridized carbons (Fsp3) is 0.438. The summed E-state index contributed by atoms with van der Waals surface area (Å²) in [6.07, 6.45) is 2.75. The van der Waals surface area contributed by atoms with Crippen molar-refractivity contribution in [3.05, 3.63) is 36.0 Å². The van der Waals surface area contributed by atoms with E-state index < -0.39 is 5.41 Å². The maximum atomic E-state index is 11.6. The van der Waals surface area contributed by atoms with Gasteiger partial charge in [-0.15, -0.1) is 0 Å². The quantitative estimate of drug-likeness (QED) is 0.832. The summed E-state index contributed by atoms with van der Waals surface area (Å²) in [6, 6.07) is 10.4. The van der Waals surface area contributed by atoms with Gasteiger partial charge in [0.25, 0.3) is 0 Å². The van der Waals surface area contributed by atoms with Crippen LogP contribution in [0.5, 0.6) is 0 Å². The third-order valence-corrected chi connectivity index (χ3v) is 3.57. The zero-order chi connectivity index (χ0) is 13.9. The summed E-state index contributed by atoms with van der Waals surface area (Å²) in [5.41, 5.74) is 1.99. The maximum absolute atomic E-state index is 11.6. The van der Waals surface area contributed by atoms with Gasteiger partial charge in [-0.2, -0.15) is 0 Å². The Bertz CT molecular complexity index is 536. The molecule has 0 saturated heterocycles. The summed E-state index contributed by atoms with van der Waals surface area (Å²) >= 11 is 0. The summed E-state index contributed by atoms with van der Waals surface area (Å²) < 4.78 is 4.82. The Morgan fingerprint density at radius 1 is 1.32 bits per heavy atom. The van der Waals surface area contributed by atoms with Crippen molar-refractivity contribution in [2.75, 3.05) is 7.11 Å². The van der Waals surface area contributed by atoms with Crippen LogP contribution in [0.25, 0.3) is 10.9 Å². The standard InChI is InChI=1S/C16H21NO2/c1-16(2,15(18)19-3)10-6-8-13-11-12-7-4-5-9-14(12)17-13/h4-5,7,9,11,17H,6,8,10H2,1-3H3. The largest absolute Gasteiger partial charge is 0.469 e. The average molecular weight is 259 g/mol. The van der Waals surface area contributed by atoms with Gasteiger partial charge in [-0.05, 0) is 50.6 Å². The molecule has 1 aromatic carbocycles. The molecule has 102 valence electrons. The van der Waals surface area contributed by atoms with Gasteiger partial charge in [0.2, 0.25) is 0 Å². The van der Waals surface area contributed by atoms with Crippen molar-refractivity contribution in [2.45, 2.75) is 33.1 Å². The number of carbonyl (C=O) groups is 1. The van der Waals surface area contributed by atoms with E-state index in [9.17, 15) is 4.79 Å². The number of esters is 1. The summed E-state index contributed by atoms with van der Waals surface area (Å²) in [5, 5.41) is 1.24. The first-order valence-corrected chi connectivity index (χ1v) is 6.68. The third kappa shape index (κ3) is 3.16. The molecule has 1 N–H and O–H groups in total. The lowest BCUT2D eigenvalue weighted by Crippen LogP contribution is -2.25. The first-order valence-electron chi connectivity index (χ1n) is 6.68. The van der Waals surface area contributed by atoms with Crippen LogP contribution in [0.3, 0.4) is 0 Å². The maximum Gasteiger partial charge on any atom is 0.311 e. The van der Waals surface area contributed by atoms with Crippen LogP contribution < -0.4 is 0 Å². The van der Waals surface area contributed by atoms with Crippen LogP contribution in [0.2, 0.25) is 0 Å². The van der Waals surface area contributed by atoms with Gasteiger partial charge in [-0.3, -0.25) is 4.79 Å². The number of methoxy groups -OCH3 is 1. The molecule has 3 nitrogen and oxygen atoms in total. The number of aryl methyl sites for hydroxylation is 1. The van der Waals surface area contributed by atoms with Gasteiger partial charge in [0.05, 0.1) is 12.5 Å². The smallest absolute Gasteiger partial charge is 0.311 e. The lowest BCUT2D eigenvalue weighted by Gasteiger charge is -2.20. The van der Waals surface area contributed by atoms with Crippen molar-refractivity contribution in [1.29, 1.82) is 0 Å². The summed E-state index contributed by atoms with van der Waals surface area (Å²) in [4.78, 5) is 15.0. The van der Waals surface area contributed by atoms with Crippen LogP contribution in [0, 0.1) is 5.41 Å². The Morgan fingerprint density at radius 2 is 2.05 bits per heavy atom. The molecule has 0 aliphatic rings. The number of ether oxygens (including phenoxy) is 1. The van der Waals surface area contributed by atoms with Crippen LogP contribution >= 0.6 is 0 Å². The Labute approximate surface area is 114 Å². The second-order valence-electron chi connectivity index (χ2n) is 5.61. The molecule has 0 radical (unpaired) electrons. The highest BCUT2D eigenvalue weighted by Gasteiger charge is 2.27. The van der Waals surface area contributed by atoms with Crippen molar-refractivity contribution in [2.24, 2.45) is 5.41 Å². The zero-order valence-electron chi connectivity index (χ0n) is 11.8. The van der Waals surface area contributed by atoms with Crippen molar-refractivity contribution < 1.29 is 9.53 Å². The molecule has 0 aliphatic carbocycles. The summed E-state index contributed by atoms with van der Waals surface area (Å²) in [6.45, 7) is 3.87. The first-order chi connectivity index (χ1) is 9.03. The summed E-state index contributed by atoms with van der Waals surface area (Å²) in [5.74, 6) is -0.135. The lowest BCUT2D eigenvalue weighted by molar-refractivity contribution is -0.151. The molecule has 1 aromatic heterocycles. The van der Waals surface area contributed by atoms with E-state index in [0.29, 0.717) is 0 Å². The second-order valence-corrected chi connectivity index (χ2v) is 5.61. The predicted octanol–water partition coefficient (Wildman–Crippen LogP) is 3.69. The van der Waals surface area contributed by atoms with Crippen molar-refractivity contribution >= 4 is 16.9 Å². The van der Waals surface area contributed by atoms with E-state index in [0.717, 1.165) is 19.3 Å². The number of para-hydroxylation sites is 1. The number of H-pyrrole nitrogens is 1. The van der Waals surface area contributed by atoms with Crippen LogP contribution in [0.15, 0.2) is 30.3 Å². The second kappa shape index (κ2) is 5.47. The molecule has 3 heteroatoms. The topological polar surface area (TPSA) is 42.1 Å². The first kappa shape index (κ1) is 13.7. The number of fused-ring (bicyclic) bond motifs is 1. The Morgan fingerprint density at radius 3 is 2.74 bits per heavy atom. The van der Waals surface area contributed by atoms with Gasteiger partial charge >= 0.3 is 5.97 Å². The minimum absolute atomic E-state index is 0.135. The number of nitrogens with one attached hydrogen (secondary N) is 1. The molecular weight excluding hydrogens is 238 g/mol. The number of benzene rings is 1. The lowest BCUT2D eigenvalue weighted by atomic mass is 9.87. The third-order valence-electron chi connectivity index (χ3n) is 3.57. The van der Waals surface area contributed by atoms with E-state index in [-0.39, 0.29) is 5.97 Å². The molecule has 0 saturated carbocycles.